The molecule has 4 rings (SSSR count). The first kappa shape index (κ1) is 17.6. The van der Waals surface area contributed by atoms with Gasteiger partial charge in [0.15, 0.2) is 0 Å². The molecule has 6 nitrogen and oxygen atoms in total. The molecule has 4 aromatic rings. The average Bonchev–Trinajstić information content (AvgIpc) is 3.30. The van der Waals surface area contributed by atoms with Crippen LogP contribution in [0.3, 0.4) is 0 Å². The van der Waals surface area contributed by atoms with Gasteiger partial charge in [-0.2, -0.15) is 0 Å². The number of anilines is 1. The van der Waals surface area contributed by atoms with Crippen molar-refractivity contribution in [3.63, 3.8) is 0 Å². The van der Waals surface area contributed by atoms with Gasteiger partial charge in [0.1, 0.15) is 29.1 Å². The van der Waals surface area contributed by atoms with E-state index < -0.39 is 0 Å². The first-order valence-electron chi connectivity index (χ1n) is 9.05. The number of aryl methyl sites for hydroxylation is 1. The smallest absolute Gasteiger partial charge is 0.138 e. The minimum Gasteiger partial charge on any atom is -0.369 e. The second-order valence-electron chi connectivity index (χ2n) is 6.84. The summed E-state index contributed by atoms with van der Waals surface area (Å²) in [7, 11) is 0. The lowest BCUT2D eigenvalue weighted by atomic mass is 10.0. The lowest BCUT2D eigenvalue weighted by Crippen LogP contribution is -2.12. The van der Waals surface area contributed by atoms with Gasteiger partial charge in [-0.3, -0.25) is 0 Å². The van der Waals surface area contributed by atoms with Crippen molar-refractivity contribution in [2.24, 2.45) is 0 Å². The number of rotatable bonds is 6. The molecule has 3 heterocycles. The van der Waals surface area contributed by atoms with Crippen molar-refractivity contribution in [3.8, 4) is 11.1 Å². The van der Waals surface area contributed by atoms with Gasteiger partial charge in [-0.25, -0.2) is 9.97 Å². The van der Waals surface area contributed by atoms with E-state index in [9.17, 15) is 0 Å². The molecule has 0 saturated heterocycles. The van der Waals surface area contributed by atoms with Gasteiger partial charge in [0.2, 0.25) is 0 Å². The zero-order chi connectivity index (χ0) is 18.8. The molecule has 0 aliphatic carbocycles. The topological polar surface area (TPSA) is 68.5 Å². The van der Waals surface area contributed by atoms with Gasteiger partial charge in [-0.05, 0) is 26.3 Å². The maximum absolute atomic E-state index is 4.50. The lowest BCUT2D eigenvalue weighted by Gasteiger charge is -2.11. The van der Waals surface area contributed by atoms with Crippen LogP contribution in [-0.2, 0) is 6.42 Å². The Morgan fingerprint density at radius 3 is 2.74 bits per heavy atom. The average molecular weight is 379 g/mol. The predicted molar refractivity (Wildman–Crippen MR) is 110 cm³/mol. The standard InChI is InChI=1S/C20H22N6S/c1-13(2)26-12-24-25-17(26)8-9-21-19-18-16(10-27-20(18)23-11-22-19)15-6-4-14(3)5-7-15/h4-7,10-13H,8-9H2,1-3H3,(H,21,22,23). The highest BCUT2D eigenvalue weighted by Crippen LogP contribution is 2.36. The lowest BCUT2D eigenvalue weighted by molar-refractivity contribution is 0.568. The Morgan fingerprint density at radius 2 is 1.96 bits per heavy atom. The highest BCUT2D eigenvalue weighted by atomic mass is 32.1. The molecule has 138 valence electrons. The Bertz CT molecular complexity index is 1050. The summed E-state index contributed by atoms with van der Waals surface area (Å²) in [6, 6.07) is 8.92. The molecule has 0 aliphatic rings. The van der Waals surface area contributed by atoms with E-state index in [0.717, 1.165) is 34.8 Å². The Hall–Kier alpha value is -2.80. The Kier molecular flexibility index (Phi) is 4.85. The minimum atomic E-state index is 0.353. The van der Waals surface area contributed by atoms with Crippen LogP contribution in [0.1, 0.15) is 31.3 Å². The van der Waals surface area contributed by atoms with Crippen LogP contribution in [0.25, 0.3) is 21.3 Å². The van der Waals surface area contributed by atoms with Gasteiger partial charge in [0, 0.05) is 30.0 Å². The number of nitrogens with zero attached hydrogens (tertiary/aromatic N) is 5. The van der Waals surface area contributed by atoms with Crippen LogP contribution in [0, 0.1) is 6.92 Å². The fourth-order valence-corrected chi connectivity index (χ4v) is 4.04. The minimum absolute atomic E-state index is 0.353. The summed E-state index contributed by atoms with van der Waals surface area (Å²) in [5, 5.41) is 15.0. The number of hydrogen-bond donors (Lipinski definition) is 1. The molecule has 3 aromatic heterocycles. The van der Waals surface area contributed by atoms with E-state index in [-0.39, 0.29) is 0 Å². The molecule has 0 saturated carbocycles. The fourth-order valence-electron chi connectivity index (χ4n) is 3.12. The van der Waals surface area contributed by atoms with Gasteiger partial charge in [-0.1, -0.05) is 29.8 Å². The van der Waals surface area contributed by atoms with E-state index in [1.54, 1.807) is 24.0 Å². The van der Waals surface area contributed by atoms with Crippen LogP contribution >= 0.6 is 11.3 Å². The third-order valence-corrected chi connectivity index (χ3v) is 5.46. The first-order chi connectivity index (χ1) is 13.1. The van der Waals surface area contributed by atoms with Crippen LogP contribution in [0.5, 0.6) is 0 Å². The molecule has 0 radical (unpaired) electrons. The van der Waals surface area contributed by atoms with Gasteiger partial charge in [-0.15, -0.1) is 21.5 Å². The Morgan fingerprint density at radius 1 is 1.15 bits per heavy atom. The Balaban J connectivity index is 1.59. The van der Waals surface area contributed by atoms with Crippen molar-refractivity contribution < 1.29 is 0 Å². The number of aromatic nitrogens is 5. The summed E-state index contributed by atoms with van der Waals surface area (Å²) in [4.78, 5) is 9.94. The van der Waals surface area contributed by atoms with E-state index in [4.69, 9.17) is 0 Å². The van der Waals surface area contributed by atoms with Crippen molar-refractivity contribution in [2.45, 2.75) is 33.2 Å². The number of hydrogen-bond acceptors (Lipinski definition) is 6. The third kappa shape index (κ3) is 3.55. The molecule has 1 aromatic carbocycles. The normalized spacial score (nSPS) is 11.4. The maximum atomic E-state index is 4.50. The zero-order valence-corrected chi connectivity index (χ0v) is 16.5. The van der Waals surface area contributed by atoms with E-state index in [0.29, 0.717) is 6.04 Å². The van der Waals surface area contributed by atoms with E-state index in [1.807, 2.05) is 0 Å². The SMILES string of the molecule is Cc1ccc(-c2csc3ncnc(NCCc4nncn4C(C)C)c23)cc1. The van der Waals surface area contributed by atoms with Crippen molar-refractivity contribution in [1.29, 1.82) is 0 Å². The number of fused-ring (bicyclic) bond motifs is 1. The molecular formula is C20H22N6S. The zero-order valence-electron chi connectivity index (χ0n) is 15.7. The van der Waals surface area contributed by atoms with Crippen molar-refractivity contribution in [1.82, 2.24) is 24.7 Å². The first-order valence-corrected chi connectivity index (χ1v) is 9.93. The van der Waals surface area contributed by atoms with Gasteiger partial charge >= 0.3 is 0 Å². The van der Waals surface area contributed by atoms with E-state index in [1.165, 1.54) is 16.7 Å². The van der Waals surface area contributed by atoms with Crippen molar-refractivity contribution in [3.05, 3.63) is 53.7 Å². The molecule has 0 fully saturated rings. The number of nitrogens with one attached hydrogen (secondary N) is 1. The van der Waals surface area contributed by atoms with Crippen LogP contribution in [-0.4, -0.2) is 31.3 Å². The largest absolute Gasteiger partial charge is 0.369 e. The molecule has 0 bridgehead atoms. The van der Waals surface area contributed by atoms with Crippen LogP contribution in [0.15, 0.2) is 42.3 Å². The highest BCUT2D eigenvalue weighted by Gasteiger charge is 2.13. The van der Waals surface area contributed by atoms with Crippen LogP contribution in [0.2, 0.25) is 0 Å². The molecule has 0 spiro atoms. The molecule has 0 amide bonds. The van der Waals surface area contributed by atoms with Crippen molar-refractivity contribution in [2.75, 3.05) is 11.9 Å². The van der Waals surface area contributed by atoms with Gasteiger partial charge in [0.05, 0.1) is 5.39 Å². The quantitative estimate of drug-likeness (QED) is 0.535. The highest BCUT2D eigenvalue weighted by molar-refractivity contribution is 7.17. The summed E-state index contributed by atoms with van der Waals surface area (Å²) in [6.45, 7) is 7.10. The second kappa shape index (κ2) is 7.44. The molecule has 0 atom stereocenters. The molecule has 0 aliphatic heterocycles. The summed E-state index contributed by atoms with van der Waals surface area (Å²) in [5.41, 5.74) is 3.61. The van der Waals surface area contributed by atoms with Crippen LogP contribution < -0.4 is 5.32 Å². The predicted octanol–water partition coefficient (Wildman–Crippen LogP) is 4.49. The van der Waals surface area contributed by atoms with Crippen LogP contribution in [0.4, 0.5) is 5.82 Å². The van der Waals surface area contributed by atoms with E-state index in [2.05, 4.69) is 80.5 Å². The van der Waals surface area contributed by atoms with E-state index >= 15 is 0 Å². The number of benzene rings is 1. The molecule has 1 N–H and O–H groups in total. The summed E-state index contributed by atoms with van der Waals surface area (Å²) >= 11 is 1.65. The maximum Gasteiger partial charge on any atom is 0.138 e. The Labute approximate surface area is 162 Å². The molecule has 27 heavy (non-hydrogen) atoms. The summed E-state index contributed by atoms with van der Waals surface area (Å²) in [6.07, 6.45) is 4.20. The van der Waals surface area contributed by atoms with Gasteiger partial charge in [0.25, 0.3) is 0 Å². The molecule has 0 unspecified atom stereocenters. The fraction of sp³-hybridized carbons (Fsp3) is 0.300. The van der Waals surface area contributed by atoms with Crippen molar-refractivity contribution >= 4 is 27.4 Å². The summed E-state index contributed by atoms with van der Waals surface area (Å²) in [5.74, 6) is 1.85. The second-order valence-corrected chi connectivity index (χ2v) is 7.70. The third-order valence-electron chi connectivity index (χ3n) is 4.58. The molecule has 7 heteroatoms. The number of thiophene rings is 1. The molecular weight excluding hydrogens is 356 g/mol. The monoisotopic (exact) mass is 378 g/mol. The van der Waals surface area contributed by atoms with Gasteiger partial charge < -0.3 is 9.88 Å². The summed E-state index contributed by atoms with van der Waals surface area (Å²) < 4.78 is 2.10.